The first-order valence-electron chi connectivity index (χ1n) is 4.90. The van der Waals surface area contributed by atoms with Crippen molar-refractivity contribution in [2.45, 2.75) is 52.1 Å². The third-order valence-electron chi connectivity index (χ3n) is 2.45. The minimum atomic E-state index is 0.413. The molecule has 1 heteroatoms. The second kappa shape index (κ2) is 4.76. The summed E-state index contributed by atoms with van der Waals surface area (Å²) in [6.45, 7) is 5.19. The van der Waals surface area contributed by atoms with Crippen molar-refractivity contribution in [1.29, 1.82) is 0 Å². The van der Waals surface area contributed by atoms with Gasteiger partial charge in [0.2, 0.25) is 0 Å². The summed E-state index contributed by atoms with van der Waals surface area (Å²) in [4.78, 5) is 0. The van der Waals surface area contributed by atoms with Gasteiger partial charge in [0.15, 0.2) is 0 Å². The summed E-state index contributed by atoms with van der Waals surface area (Å²) >= 11 is 0. The highest BCUT2D eigenvalue weighted by Crippen LogP contribution is 2.27. The van der Waals surface area contributed by atoms with Crippen molar-refractivity contribution < 1.29 is 4.74 Å². The molecule has 1 fully saturated rings. The Balaban J connectivity index is 1.94. The van der Waals surface area contributed by atoms with Gasteiger partial charge in [0.25, 0.3) is 0 Å². The van der Waals surface area contributed by atoms with E-state index < -0.39 is 0 Å². The van der Waals surface area contributed by atoms with Crippen LogP contribution >= 0.6 is 0 Å². The summed E-state index contributed by atoms with van der Waals surface area (Å²) in [5.41, 5.74) is 0. The largest absolute Gasteiger partial charge is 0.379 e. The summed E-state index contributed by atoms with van der Waals surface area (Å²) in [5.74, 6) is 0.980. The molecule has 0 amide bonds. The highest BCUT2D eigenvalue weighted by molar-refractivity contribution is 4.66. The van der Waals surface area contributed by atoms with Crippen LogP contribution in [0.5, 0.6) is 0 Å². The van der Waals surface area contributed by atoms with Crippen molar-refractivity contribution in [2.24, 2.45) is 5.92 Å². The molecule has 0 aromatic rings. The van der Waals surface area contributed by atoms with Gasteiger partial charge in [0, 0.05) is 6.61 Å². The van der Waals surface area contributed by atoms with Crippen LogP contribution < -0.4 is 0 Å². The minimum Gasteiger partial charge on any atom is -0.379 e. The van der Waals surface area contributed by atoms with E-state index in [0.29, 0.717) is 6.10 Å². The van der Waals surface area contributed by atoms with E-state index in [1.165, 1.54) is 32.1 Å². The van der Waals surface area contributed by atoms with Crippen LogP contribution in [-0.2, 0) is 4.74 Å². The van der Waals surface area contributed by atoms with Crippen LogP contribution in [0.15, 0.2) is 0 Å². The summed E-state index contributed by atoms with van der Waals surface area (Å²) in [5, 5.41) is 0. The average Bonchev–Trinajstić information content (AvgIpc) is 2.39. The van der Waals surface area contributed by atoms with Crippen LogP contribution in [0.25, 0.3) is 0 Å². The number of hydrogen-bond acceptors (Lipinski definition) is 1. The summed E-state index contributed by atoms with van der Waals surface area (Å²) < 4.78 is 5.50. The summed E-state index contributed by atoms with van der Waals surface area (Å²) in [6, 6.07) is 0. The Hall–Kier alpha value is -0.0400. The van der Waals surface area contributed by atoms with Crippen molar-refractivity contribution in [3.63, 3.8) is 0 Å². The van der Waals surface area contributed by atoms with E-state index in [9.17, 15) is 0 Å². The molecule has 1 nitrogen and oxygen atoms in total. The molecule has 66 valence electrons. The smallest absolute Gasteiger partial charge is 0.0518 e. The molecular weight excluding hydrogens is 136 g/mol. The molecule has 0 aromatic heterocycles. The van der Waals surface area contributed by atoms with Gasteiger partial charge < -0.3 is 4.74 Å². The standard InChI is InChI=1S/C10H20O/c1-9(2)11-8-7-10-5-3-4-6-10/h9-10H,3-8H2,1-2H3. The second-order valence-corrected chi connectivity index (χ2v) is 3.86. The highest BCUT2D eigenvalue weighted by atomic mass is 16.5. The van der Waals surface area contributed by atoms with Crippen LogP contribution in [0.3, 0.4) is 0 Å². The number of hydrogen-bond donors (Lipinski definition) is 0. The lowest BCUT2D eigenvalue weighted by atomic mass is 10.1. The SMILES string of the molecule is CC(C)OCCC1CCCC1. The molecular formula is C10H20O. The fourth-order valence-corrected chi connectivity index (χ4v) is 1.77. The fraction of sp³-hybridized carbons (Fsp3) is 1.00. The molecule has 0 aliphatic heterocycles. The van der Waals surface area contributed by atoms with Crippen molar-refractivity contribution >= 4 is 0 Å². The maximum absolute atomic E-state index is 5.50. The first kappa shape index (κ1) is 9.05. The Morgan fingerprint density at radius 3 is 2.45 bits per heavy atom. The Bertz CT molecular complexity index is 93.0. The van der Waals surface area contributed by atoms with Gasteiger partial charge in [-0.15, -0.1) is 0 Å². The van der Waals surface area contributed by atoms with E-state index in [1.807, 2.05) is 0 Å². The normalized spacial score (nSPS) is 19.9. The van der Waals surface area contributed by atoms with Crippen LogP contribution in [0.1, 0.15) is 46.0 Å². The summed E-state index contributed by atoms with van der Waals surface area (Å²) in [7, 11) is 0. The lowest BCUT2D eigenvalue weighted by molar-refractivity contribution is 0.0689. The molecule has 1 saturated carbocycles. The topological polar surface area (TPSA) is 9.23 Å². The molecule has 11 heavy (non-hydrogen) atoms. The molecule has 1 rings (SSSR count). The zero-order chi connectivity index (χ0) is 8.10. The van der Waals surface area contributed by atoms with E-state index in [4.69, 9.17) is 4.74 Å². The predicted octanol–water partition coefficient (Wildman–Crippen LogP) is 2.99. The van der Waals surface area contributed by atoms with Crippen molar-refractivity contribution in [1.82, 2.24) is 0 Å². The van der Waals surface area contributed by atoms with E-state index >= 15 is 0 Å². The maximum Gasteiger partial charge on any atom is 0.0518 e. The van der Waals surface area contributed by atoms with Gasteiger partial charge in [0.05, 0.1) is 6.10 Å². The third kappa shape index (κ3) is 3.76. The van der Waals surface area contributed by atoms with E-state index in [2.05, 4.69) is 13.8 Å². The van der Waals surface area contributed by atoms with Crippen molar-refractivity contribution in [2.75, 3.05) is 6.61 Å². The van der Waals surface area contributed by atoms with E-state index in [-0.39, 0.29) is 0 Å². The van der Waals surface area contributed by atoms with Crippen LogP contribution in [0, 0.1) is 5.92 Å². The van der Waals surface area contributed by atoms with Crippen LogP contribution in [0.4, 0.5) is 0 Å². The molecule has 0 atom stereocenters. The lowest BCUT2D eigenvalue weighted by Gasteiger charge is -2.10. The molecule has 0 spiro atoms. The molecule has 0 unspecified atom stereocenters. The van der Waals surface area contributed by atoms with Gasteiger partial charge in [-0.25, -0.2) is 0 Å². The van der Waals surface area contributed by atoms with E-state index in [0.717, 1.165) is 12.5 Å². The van der Waals surface area contributed by atoms with Gasteiger partial charge in [-0.3, -0.25) is 0 Å². The molecule has 0 heterocycles. The third-order valence-corrected chi connectivity index (χ3v) is 2.45. The zero-order valence-corrected chi connectivity index (χ0v) is 7.81. The molecule has 0 saturated heterocycles. The van der Waals surface area contributed by atoms with Crippen molar-refractivity contribution in [3.05, 3.63) is 0 Å². The Labute approximate surface area is 70.1 Å². The average molecular weight is 156 g/mol. The van der Waals surface area contributed by atoms with Gasteiger partial charge in [-0.1, -0.05) is 25.7 Å². The maximum atomic E-state index is 5.50. The van der Waals surface area contributed by atoms with Gasteiger partial charge >= 0.3 is 0 Å². The van der Waals surface area contributed by atoms with Crippen molar-refractivity contribution in [3.8, 4) is 0 Å². The predicted molar refractivity (Wildman–Crippen MR) is 47.7 cm³/mol. The Morgan fingerprint density at radius 2 is 1.91 bits per heavy atom. The fourth-order valence-electron chi connectivity index (χ4n) is 1.77. The highest BCUT2D eigenvalue weighted by Gasteiger charge is 2.14. The van der Waals surface area contributed by atoms with Crippen LogP contribution in [0.2, 0.25) is 0 Å². The molecule has 0 aromatic carbocycles. The zero-order valence-electron chi connectivity index (χ0n) is 7.81. The quantitative estimate of drug-likeness (QED) is 0.608. The lowest BCUT2D eigenvalue weighted by Crippen LogP contribution is -2.07. The van der Waals surface area contributed by atoms with Gasteiger partial charge in [-0.05, 0) is 26.2 Å². The molecule has 1 aliphatic carbocycles. The Kier molecular flexibility index (Phi) is 3.92. The first-order valence-corrected chi connectivity index (χ1v) is 4.90. The molecule has 0 N–H and O–H groups in total. The summed E-state index contributed by atoms with van der Waals surface area (Å²) in [6.07, 6.45) is 7.50. The van der Waals surface area contributed by atoms with E-state index in [1.54, 1.807) is 0 Å². The second-order valence-electron chi connectivity index (χ2n) is 3.86. The first-order chi connectivity index (χ1) is 5.29. The Morgan fingerprint density at radius 1 is 1.27 bits per heavy atom. The number of rotatable bonds is 4. The van der Waals surface area contributed by atoms with Gasteiger partial charge in [-0.2, -0.15) is 0 Å². The number of ether oxygens (including phenoxy) is 1. The van der Waals surface area contributed by atoms with Crippen LogP contribution in [-0.4, -0.2) is 12.7 Å². The molecule has 0 radical (unpaired) electrons. The van der Waals surface area contributed by atoms with Gasteiger partial charge in [0.1, 0.15) is 0 Å². The molecule has 0 bridgehead atoms. The molecule has 1 aliphatic rings. The monoisotopic (exact) mass is 156 g/mol. The minimum absolute atomic E-state index is 0.413.